The molecule has 5 nitrogen and oxygen atoms in total. The lowest BCUT2D eigenvalue weighted by atomic mass is 10.0. The molecule has 5 heteroatoms. The predicted molar refractivity (Wildman–Crippen MR) is 105 cm³/mol. The minimum atomic E-state index is -0.971. The Kier molecular flexibility index (Phi) is 18.6. The van der Waals surface area contributed by atoms with Crippen LogP contribution in [-0.4, -0.2) is 46.7 Å². The van der Waals surface area contributed by atoms with Crippen LogP contribution < -0.4 is 0 Å². The van der Waals surface area contributed by atoms with Gasteiger partial charge in [0, 0.05) is 6.42 Å². The zero-order valence-electron chi connectivity index (χ0n) is 16.8. The molecule has 0 radical (unpaired) electrons. The van der Waals surface area contributed by atoms with Crippen molar-refractivity contribution in [1.29, 1.82) is 0 Å². The molecule has 3 N–H and O–H groups in total. The van der Waals surface area contributed by atoms with E-state index in [0.29, 0.717) is 6.42 Å². The second kappa shape index (κ2) is 19.1. The van der Waals surface area contributed by atoms with Gasteiger partial charge < -0.3 is 20.1 Å². The molecule has 156 valence electrons. The van der Waals surface area contributed by atoms with Gasteiger partial charge >= 0.3 is 5.97 Å². The molecule has 0 aromatic carbocycles. The van der Waals surface area contributed by atoms with Crippen LogP contribution in [0.2, 0.25) is 0 Å². The third-order valence-corrected chi connectivity index (χ3v) is 4.71. The van der Waals surface area contributed by atoms with Crippen molar-refractivity contribution in [2.24, 2.45) is 0 Å². The van der Waals surface area contributed by atoms with Crippen molar-refractivity contribution in [3.05, 3.63) is 0 Å². The SMILES string of the molecule is CCCCCCC(O)CCCCCCCCCCC(=O)OC[C@@H](O)CO. The van der Waals surface area contributed by atoms with Gasteiger partial charge in [0.05, 0.1) is 12.7 Å². The Balaban J connectivity index is 3.25. The molecule has 0 bridgehead atoms. The topological polar surface area (TPSA) is 87.0 Å². The van der Waals surface area contributed by atoms with E-state index >= 15 is 0 Å². The van der Waals surface area contributed by atoms with Gasteiger partial charge in [0.1, 0.15) is 12.7 Å². The van der Waals surface area contributed by atoms with Crippen molar-refractivity contribution in [2.75, 3.05) is 13.2 Å². The van der Waals surface area contributed by atoms with Gasteiger partial charge in [-0.2, -0.15) is 0 Å². The zero-order valence-corrected chi connectivity index (χ0v) is 16.8. The number of rotatable bonds is 19. The van der Waals surface area contributed by atoms with E-state index in [0.717, 1.165) is 44.9 Å². The van der Waals surface area contributed by atoms with E-state index in [1.54, 1.807) is 0 Å². The van der Waals surface area contributed by atoms with Gasteiger partial charge in [-0.15, -0.1) is 0 Å². The highest BCUT2D eigenvalue weighted by Gasteiger charge is 2.07. The number of unbranched alkanes of at least 4 members (excludes halogenated alkanes) is 10. The molecule has 0 aromatic rings. The fourth-order valence-corrected chi connectivity index (χ4v) is 2.98. The van der Waals surface area contributed by atoms with Crippen molar-refractivity contribution < 1.29 is 24.9 Å². The number of esters is 1. The lowest BCUT2D eigenvalue weighted by Gasteiger charge is -2.10. The summed E-state index contributed by atoms with van der Waals surface area (Å²) in [7, 11) is 0. The molecular weight excluding hydrogens is 332 g/mol. The third-order valence-electron chi connectivity index (χ3n) is 4.71. The number of aliphatic hydroxyl groups excluding tert-OH is 3. The lowest BCUT2D eigenvalue weighted by molar-refractivity contribution is -0.147. The molecule has 2 atom stereocenters. The number of aliphatic hydroxyl groups is 3. The van der Waals surface area contributed by atoms with E-state index in [4.69, 9.17) is 14.9 Å². The van der Waals surface area contributed by atoms with Crippen LogP contribution in [0.1, 0.15) is 103 Å². The van der Waals surface area contributed by atoms with Crippen molar-refractivity contribution in [1.82, 2.24) is 0 Å². The number of hydrogen-bond donors (Lipinski definition) is 3. The molecule has 26 heavy (non-hydrogen) atoms. The first-order valence-corrected chi connectivity index (χ1v) is 10.7. The maximum atomic E-state index is 11.4. The quantitative estimate of drug-likeness (QED) is 0.234. The first kappa shape index (κ1) is 25.4. The van der Waals surface area contributed by atoms with Crippen LogP contribution >= 0.6 is 0 Å². The first-order chi connectivity index (χ1) is 12.6. The Hall–Kier alpha value is -0.650. The van der Waals surface area contributed by atoms with E-state index in [2.05, 4.69) is 6.92 Å². The minimum Gasteiger partial charge on any atom is -0.463 e. The molecule has 0 aliphatic carbocycles. The Morgan fingerprint density at radius 1 is 0.769 bits per heavy atom. The highest BCUT2D eigenvalue weighted by atomic mass is 16.5. The van der Waals surface area contributed by atoms with Crippen molar-refractivity contribution in [3.8, 4) is 0 Å². The molecule has 0 aromatic heterocycles. The summed E-state index contributed by atoms with van der Waals surface area (Å²) in [6, 6.07) is 0. The Labute approximate surface area is 160 Å². The molecule has 0 spiro atoms. The normalized spacial score (nSPS) is 13.5. The molecule has 0 amide bonds. The Morgan fingerprint density at radius 3 is 1.81 bits per heavy atom. The van der Waals surface area contributed by atoms with Gasteiger partial charge in [-0.3, -0.25) is 4.79 Å². The van der Waals surface area contributed by atoms with E-state index in [1.165, 1.54) is 44.9 Å². The van der Waals surface area contributed by atoms with Gasteiger partial charge in [0.15, 0.2) is 0 Å². The highest BCUT2D eigenvalue weighted by molar-refractivity contribution is 5.69. The predicted octanol–water partition coefficient (Wildman–Crippen LogP) is 4.12. The summed E-state index contributed by atoms with van der Waals surface area (Å²) in [5.41, 5.74) is 0. The average Bonchev–Trinajstić information content (AvgIpc) is 2.64. The summed E-state index contributed by atoms with van der Waals surface area (Å²) in [6.07, 6.45) is 15.1. The Bertz CT molecular complexity index is 309. The third kappa shape index (κ3) is 18.2. The molecule has 0 heterocycles. The summed E-state index contributed by atoms with van der Waals surface area (Å²) >= 11 is 0. The number of ether oxygens (including phenoxy) is 1. The van der Waals surface area contributed by atoms with Crippen molar-refractivity contribution >= 4 is 5.97 Å². The number of carbonyl (C=O) groups is 1. The maximum absolute atomic E-state index is 11.4. The summed E-state index contributed by atoms with van der Waals surface area (Å²) in [6.45, 7) is 1.70. The molecule has 0 saturated heterocycles. The van der Waals surface area contributed by atoms with Crippen molar-refractivity contribution in [2.45, 2.75) is 115 Å². The van der Waals surface area contributed by atoms with Gasteiger partial charge in [-0.05, 0) is 19.3 Å². The fraction of sp³-hybridized carbons (Fsp3) is 0.952. The van der Waals surface area contributed by atoms with Gasteiger partial charge in [0.25, 0.3) is 0 Å². The van der Waals surface area contributed by atoms with E-state index in [-0.39, 0.29) is 25.3 Å². The maximum Gasteiger partial charge on any atom is 0.305 e. The zero-order chi connectivity index (χ0) is 19.5. The van der Waals surface area contributed by atoms with Gasteiger partial charge in [-0.1, -0.05) is 77.6 Å². The summed E-state index contributed by atoms with van der Waals surface area (Å²) in [5.74, 6) is -0.300. The first-order valence-electron chi connectivity index (χ1n) is 10.7. The summed E-state index contributed by atoms with van der Waals surface area (Å²) in [4.78, 5) is 11.4. The fourth-order valence-electron chi connectivity index (χ4n) is 2.98. The second-order valence-corrected chi connectivity index (χ2v) is 7.39. The monoisotopic (exact) mass is 374 g/mol. The molecular formula is C21H42O5. The number of carbonyl (C=O) groups excluding carboxylic acids is 1. The van der Waals surface area contributed by atoms with Crippen LogP contribution in [0.15, 0.2) is 0 Å². The minimum absolute atomic E-state index is 0.106. The number of hydrogen-bond acceptors (Lipinski definition) is 5. The van der Waals surface area contributed by atoms with Crippen LogP contribution in [0, 0.1) is 0 Å². The van der Waals surface area contributed by atoms with Crippen LogP contribution in [0.3, 0.4) is 0 Å². The molecule has 1 unspecified atom stereocenters. The molecule has 0 saturated carbocycles. The molecule has 0 fully saturated rings. The van der Waals surface area contributed by atoms with Crippen LogP contribution in [0.5, 0.6) is 0 Å². The van der Waals surface area contributed by atoms with Gasteiger partial charge in [-0.25, -0.2) is 0 Å². The largest absolute Gasteiger partial charge is 0.463 e. The highest BCUT2D eigenvalue weighted by Crippen LogP contribution is 2.14. The van der Waals surface area contributed by atoms with Gasteiger partial charge in [0.2, 0.25) is 0 Å². The summed E-state index contributed by atoms with van der Waals surface area (Å²) in [5, 5.41) is 27.6. The van der Waals surface area contributed by atoms with E-state index < -0.39 is 6.10 Å². The van der Waals surface area contributed by atoms with Crippen LogP contribution in [0.25, 0.3) is 0 Å². The molecule has 0 aliphatic heterocycles. The standard InChI is InChI=1S/C21H42O5/c1-2-3-4-11-14-19(23)15-12-9-7-5-6-8-10-13-16-21(25)26-18-20(24)17-22/h19-20,22-24H,2-18H2,1H3/t19?,20-/m0/s1. The second-order valence-electron chi connectivity index (χ2n) is 7.39. The molecule has 0 aliphatic rings. The molecule has 0 rings (SSSR count). The van der Waals surface area contributed by atoms with E-state index in [1.807, 2.05) is 0 Å². The average molecular weight is 375 g/mol. The Morgan fingerprint density at radius 2 is 1.27 bits per heavy atom. The van der Waals surface area contributed by atoms with E-state index in [9.17, 15) is 9.90 Å². The van der Waals surface area contributed by atoms with Crippen molar-refractivity contribution in [3.63, 3.8) is 0 Å². The van der Waals surface area contributed by atoms with Crippen LogP contribution in [-0.2, 0) is 9.53 Å². The van der Waals surface area contributed by atoms with Crippen LogP contribution in [0.4, 0.5) is 0 Å². The lowest BCUT2D eigenvalue weighted by Crippen LogP contribution is -2.21. The smallest absolute Gasteiger partial charge is 0.305 e. The summed E-state index contributed by atoms with van der Waals surface area (Å²) < 4.78 is 4.85.